The van der Waals surface area contributed by atoms with Gasteiger partial charge in [0, 0.05) is 0 Å². The second-order valence-electron chi connectivity index (χ2n) is 10.4. The molecule has 224 valence electrons. The summed E-state index contributed by atoms with van der Waals surface area (Å²) >= 11 is -4.33. The molecule has 0 aromatic rings. The van der Waals surface area contributed by atoms with E-state index in [-0.39, 0.29) is 12.2 Å². The summed E-state index contributed by atoms with van der Waals surface area (Å²) in [6.07, 6.45) is 16.1. The van der Waals surface area contributed by atoms with Crippen LogP contribution < -0.4 is 0 Å². The molecule has 0 aromatic carbocycles. The van der Waals surface area contributed by atoms with E-state index in [0.717, 1.165) is 88.5 Å². The van der Waals surface area contributed by atoms with E-state index in [4.69, 9.17) is 15.6 Å². The van der Waals surface area contributed by atoms with E-state index in [1.54, 1.807) is 27.7 Å². The van der Waals surface area contributed by atoms with Crippen molar-refractivity contribution in [1.29, 1.82) is 0 Å². The molecule has 0 bridgehead atoms. The van der Waals surface area contributed by atoms with Crippen LogP contribution in [0.4, 0.5) is 0 Å². The zero-order valence-electron chi connectivity index (χ0n) is 25.1. The number of carbonyl (C=O) groups excluding carboxylic acids is 4. The summed E-state index contributed by atoms with van der Waals surface area (Å²) in [4.78, 5) is 49.4. The fourth-order valence-electron chi connectivity index (χ4n) is 3.95. The second-order valence-corrected chi connectivity index (χ2v) is 19.6. The Labute approximate surface area is 241 Å². The first-order chi connectivity index (χ1) is 18.5. The second kappa shape index (κ2) is 22.9. The zero-order valence-corrected chi connectivity index (χ0v) is 28.0. The molecule has 0 atom stereocenters. The van der Waals surface area contributed by atoms with Crippen molar-refractivity contribution in [2.75, 3.05) is 0 Å². The standard InChI is InChI=1S/2C8H17.2C7H10O4.Sn/c2*1-3-5-7-8-6-4-2;2*1-5(2)11-7(10)4-3-6(8)9;/h2*1,3-8H2,2H3;2*3-5H,1-2H3,(H,8,9);/q;;;;+2/p-2/b;;2*4-3-;. The Morgan fingerprint density at radius 1 is 0.513 bits per heavy atom. The van der Waals surface area contributed by atoms with Crippen LogP contribution in [0.15, 0.2) is 24.3 Å². The van der Waals surface area contributed by atoms with Crippen molar-refractivity contribution in [1.82, 2.24) is 0 Å². The number of unbranched alkanes of at least 4 members (excludes halogenated alkanes) is 10. The average molecular weight is 659 g/mol. The molecule has 0 spiro atoms. The van der Waals surface area contributed by atoms with Gasteiger partial charge in [0.25, 0.3) is 0 Å². The Kier molecular flexibility index (Phi) is 21.8. The molecule has 0 amide bonds. The fraction of sp³-hybridized carbons (Fsp3) is 0.733. The molecule has 9 heteroatoms. The number of hydrogen-bond acceptors (Lipinski definition) is 8. The van der Waals surface area contributed by atoms with Crippen molar-refractivity contribution in [2.24, 2.45) is 0 Å². The molecular weight excluding hydrogens is 607 g/mol. The minimum absolute atomic E-state index is 0.313. The van der Waals surface area contributed by atoms with Gasteiger partial charge < -0.3 is 0 Å². The number of esters is 2. The van der Waals surface area contributed by atoms with Crippen LogP contribution in [0.3, 0.4) is 0 Å². The van der Waals surface area contributed by atoms with E-state index < -0.39 is 43.1 Å². The van der Waals surface area contributed by atoms with E-state index in [9.17, 15) is 19.2 Å². The number of ether oxygens (including phenoxy) is 2. The predicted octanol–water partition coefficient (Wildman–Crippen LogP) is 7.25. The minimum atomic E-state index is -4.33. The molecule has 39 heavy (non-hydrogen) atoms. The molecule has 8 nitrogen and oxygen atoms in total. The number of hydrogen-bond donors (Lipinski definition) is 0. The molecule has 0 aliphatic carbocycles. The van der Waals surface area contributed by atoms with Crippen molar-refractivity contribution in [3.63, 3.8) is 0 Å². The van der Waals surface area contributed by atoms with Crippen LogP contribution >= 0.6 is 0 Å². The predicted molar refractivity (Wildman–Crippen MR) is 155 cm³/mol. The van der Waals surface area contributed by atoms with Crippen LogP contribution in [0, 0.1) is 0 Å². The fourth-order valence-corrected chi connectivity index (χ4v) is 12.9. The number of carbonyl (C=O) groups is 4. The van der Waals surface area contributed by atoms with Crippen molar-refractivity contribution in [3.8, 4) is 0 Å². The first-order valence-electron chi connectivity index (χ1n) is 14.8. The third-order valence-corrected chi connectivity index (χ3v) is 15.4. The van der Waals surface area contributed by atoms with Crippen molar-refractivity contribution in [3.05, 3.63) is 24.3 Å². The molecule has 0 rings (SSSR count). The Bertz CT molecular complexity index is 709. The Morgan fingerprint density at radius 2 is 0.821 bits per heavy atom. The maximum absolute atomic E-state index is 12.8. The van der Waals surface area contributed by atoms with E-state index in [1.165, 1.54) is 12.8 Å². The average Bonchev–Trinajstić information content (AvgIpc) is 2.85. The molecule has 0 N–H and O–H groups in total. The summed E-state index contributed by atoms with van der Waals surface area (Å²) in [5.41, 5.74) is 0. The first-order valence-corrected chi connectivity index (χ1v) is 21.1. The Morgan fingerprint density at radius 3 is 1.15 bits per heavy atom. The van der Waals surface area contributed by atoms with Crippen LogP contribution in [0.1, 0.15) is 119 Å². The summed E-state index contributed by atoms with van der Waals surface area (Å²) in [5, 5.41) is 0. The van der Waals surface area contributed by atoms with Crippen molar-refractivity contribution >= 4 is 43.1 Å². The Balaban J connectivity index is 5.70. The van der Waals surface area contributed by atoms with Crippen LogP contribution in [-0.4, -0.2) is 55.3 Å². The van der Waals surface area contributed by atoms with Crippen LogP contribution in [0.5, 0.6) is 0 Å². The van der Waals surface area contributed by atoms with Crippen LogP contribution in [0.2, 0.25) is 8.87 Å². The zero-order chi connectivity index (χ0) is 29.5. The summed E-state index contributed by atoms with van der Waals surface area (Å²) in [5.74, 6) is -2.70. The quantitative estimate of drug-likeness (QED) is 0.0518. The summed E-state index contributed by atoms with van der Waals surface area (Å²) in [6.45, 7) is 11.2. The van der Waals surface area contributed by atoms with E-state index in [0.29, 0.717) is 8.87 Å². The molecular formula is C30H52O8Sn. The number of rotatable bonds is 22. The Hall–Kier alpha value is -1.84. The first kappa shape index (κ1) is 37.2. The van der Waals surface area contributed by atoms with Crippen molar-refractivity contribution in [2.45, 2.75) is 140 Å². The monoisotopic (exact) mass is 660 g/mol. The topological polar surface area (TPSA) is 105 Å². The van der Waals surface area contributed by atoms with Gasteiger partial charge >= 0.3 is 242 Å². The van der Waals surface area contributed by atoms with Gasteiger partial charge in [-0.3, -0.25) is 0 Å². The van der Waals surface area contributed by atoms with E-state index in [2.05, 4.69) is 13.8 Å². The molecule has 0 aliphatic rings. The van der Waals surface area contributed by atoms with Gasteiger partial charge in [0.1, 0.15) is 0 Å². The van der Waals surface area contributed by atoms with Gasteiger partial charge in [0.05, 0.1) is 0 Å². The van der Waals surface area contributed by atoms with Gasteiger partial charge in [-0.2, -0.15) is 0 Å². The van der Waals surface area contributed by atoms with Gasteiger partial charge in [-0.15, -0.1) is 0 Å². The van der Waals surface area contributed by atoms with Gasteiger partial charge in [-0.1, -0.05) is 0 Å². The van der Waals surface area contributed by atoms with Gasteiger partial charge in [-0.25, -0.2) is 0 Å². The third-order valence-electron chi connectivity index (χ3n) is 5.81. The molecule has 0 heterocycles. The van der Waals surface area contributed by atoms with Gasteiger partial charge in [0.2, 0.25) is 0 Å². The van der Waals surface area contributed by atoms with E-state index >= 15 is 0 Å². The third kappa shape index (κ3) is 21.6. The van der Waals surface area contributed by atoms with Gasteiger partial charge in [0.15, 0.2) is 0 Å². The van der Waals surface area contributed by atoms with E-state index in [1.807, 2.05) is 0 Å². The molecule has 0 unspecified atom stereocenters. The summed E-state index contributed by atoms with van der Waals surface area (Å²) < 4.78 is 23.1. The molecule has 0 saturated heterocycles. The summed E-state index contributed by atoms with van der Waals surface area (Å²) in [7, 11) is 0. The van der Waals surface area contributed by atoms with Crippen LogP contribution in [0.25, 0.3) is 0 Å². The molecule has 0 saturated carbocycles. The molecule has 0 aromatic heterocycles. The summed E-state index contributed by atoms with van der Waals surface area (Å²) in [6, 6.07) is 0. The SMILES string of the molecule is CCCCCCC[CH2][Sn]([CH2]CCCCCCC)([O]C(=O)/C=C\C(=O)OC(C)C)[O]C(=O)/C=C\C(=O)OC(C)C. The van der Waals surface area contributed by atoms with Crippen LogP contribution in [-0.2, 0) is 34.8 Å². The van der Waals surface area contributed by atoms with Crippen molar-refractivity contribution < 1.29 is 34.8 Å². The van der Waals surface area contributed by atoms with Gasteiger partial charge in [-0.05, 0) is 0 Å². The maximum atomic E-state index is 12.8. The molecule has 0 radical (unpaired) electrons. The normalized spacial score (nSPS) is 11.9. The molecule has 0 aliphatic heterocycles. The molecule has 0 fully saturated rings.